The molecule has 31 heavy (non-hydrogen) atoms. The Morgan fingerprint density at radius 1 is 1.06 bits per heavy atom. The molecule has 1 amide bonds. The smallest absolute Gasteiger partial charge is 0.264 e. The number of nitrogens with one attached hydrogen (secondary N) is 1. The van der Waals surface area contributed by atoms with Gasteiger partial charge in [-0.05, 0) is 81.7 Å². The summed E-state index contributed by atoms with van der Waals surface area (Å²) in [5.74, 6) is -0.320. The number of para-hydroxylation sites is 1. The van der Waals surface area contributed by atoms with Gasteiger partial charge in [0, 0.05) is 11.6 Å². The van der Waals surface area contributed by atoms with Crippen LogP contribution in [0.2, 0.25) is 5.02 Å². The normalized spacial score (nSPS) is 14.9. The van der Waals surface area contributed by atoms with Crippen molar-refractivity contribution in [3.63, 3.8) is 0 Å². The maximum atomic E-state index is 13.4. The van der Waals surface area contributed by atoms with Gasteiger partial charge in [-0.15, -0.1) is 0 Å². The lowest BCUT2D eigenvalue weighted by Gasteiger charge is -2.27. The fourth-order valence-electron chi connectivity index (χ4n) is 3.78. The van der Waals surface area contributed by atoms with E-state index in [4.69, 9.17) is 11.6 Å². The summed E-state index contributed by atoms with van der Waals surface area (Å²) in [6.45, 7) is 5.27. The Morgan fingerprint density at radius 3 is 2.42 bits per heavy atom. The van der Waals surface area contributed by atoms with E-state index in [9.17, 15) is 13.2 Å². The number of carbonyl (C=O) groups is 1. The number of aryl methyl sites for hydroxylation is 1. The zero-order chi connectivity index (χ0) is 22.3. The van der Waals surface area contributed by atoms with E-state index in [0.717, 1.165) is 31.6 Å². The second-order valence-electron chi connectivity index (χ2n) is 7.86. The number of hydrogen-bond donors (Lipinski definition) is 1. The molecular weight excluding hydrogens is 434 g/mol. The molecule has 2 aromatic carbocycles. The average Bonchev–Trinajstić information content (AvgIpc) is 2.77. The van der Waals surface area contributed by atoms with Gasteiger partial charge in [-0.25, -0.2) is 8.42 Å². The Balaban J connectivity index is 1.69. The molecule has 8 heteroatoms. The molecule has 1 N–H and O–H groups in total. The number of likely N-dealkylation sites (tertiary alicyclic amines) is 1. The van der Waals surface area contributed by atoms with Gasteiger partial charge in [-0.2, -0.15) is 0 Å². The number of rotatable bonds is 9. The van der Waals surface area contributed by atoms with Gasteiger partial charge in [0.15, 0.2) is 0 Å². The van der Waals surface area contributed by atoms with Gasteiger partial charge in [0.25, 0.3) is 10.0 Å². The number of sulfonamides is 1. The van der Waals surface area contributed by atoms with Crippen molar-refractivity contribution in [2.75, 3.05) is 37.0 Å². The van der Waals surface area contributed by atoms with Crippen molar-refractivity contribution in [1.29, 1.82) is 0 Å². The maximum absolute atomic E-state index is 13.4. The quantitative estimate of drug-likeness (QED) is 0.573. The van der Waals surface area contributed by atoms with Crippen molar-refractivity contribution >= 4 is 33.2 Å². The highest BCUT2D eigenvalue weighted by molar-refractivity contribution is 7.92. The largest absolute Gasteiger partial charge is 0.354 e. The first-order chi connectivity index (χ1) is 14.9. The van der Waals surface area contributed by atoms with Crippen LogP contribution in [0.3, 0.4) is 0 Å². The molecule has 0 spiro atoms. The Labute approximate surface area is 190 Å². The molecule has 0 bridgehead atoms. The predicted molar refractivity (Wildman–Crippen MR) is 125 cm³/mol. The summed E-state index contributed by atoms with van der Waals surface area (Å²) in [5.41, 5.74) is 1.26. The lowest BCUT2D eigenvalue weighted by atomic mass is 10.1. The Morgan fingerprint density at radius 2 is 1.74 bits per heavy atom. The van der Waals surface area contributed by atoms with E-state index in [0.29, 0.717) is 17.3 Å². The van der Waals surface area contributed by atoms with Crippen molar-refractivity contribution < 1.29 is 13.2 Å². The first-order valence-electron chi connectivity index (χ1n) is 10.7. The molecule has 0 aromatic heterocycles. The van der Waals surface area contributed by atoms with Crippen LogP contribution in [0.15, 0.2) is 53.4 Å². The molecule has 168 valence electrons. The van der Waals surface area contributed by atoms with Gasteiger partial charge in [0.1, 0.15) is 6.54 Å². The summed E-state index contributed by atoms with van der Waals surface area (Å²) in [5, 5.41) is 3.33. The Hall–Kier alpha value is -2.09. The Kier molecular flexibility index (Phi) is 8.35. The highest BCUT2D eigenvalue weighted by Gasteiger charge is 2.28. The molecular formula is C23H30ClN3O3S. The predicted octanol–water partition coefficient (Wildman–Crippen LogP) is 3.84. The van der Waals surface area contributed by atoms with Crippen molar-refractivity contribution in [3.05, 3.63) is 59.1 Å². The molecule has 1 fully saturated rings. The van der Waals surface area contributed by atoms with Gasteiger partial charge in [-0.3, -0.25) is 9.10 Å². The highest BCUT2D eigenvalue weighted by atomic mass is 35.5. The zero-order valence-electron chi connectivity index (χ0n) is 17.9. The molecule has 1 aliphatic rings. The van der Waals surface area contributed by atoms with Crippen molar-refractivity contribution in [2.45, 2.75) is 37.5 Å². The minimum atomic E-state index is -3.93. The second-order valence-corrected chi connectivity index (χ2v) is 10.2. The van der Waals surface area contributed by atoms with E-state index in [1.807, 2.05) is 19.1 Å². The van der Waals surface area contributed by atoms with E-state index in [-0.39, 0.29) is 17.3 Å². The topological polar surface area (TPSA) is 69.7 Å². The molecule has 6 nitrogen and oxygen atoms in total. The molecule has 1 heterocycles. The van der Waals surface area contributed by atoms with Crippen LogP contribution in [0, 0.1) is 6.92 Å². The fourth-order valence-corrected chi connectivity index (χ4v) is 5.39. The zero-order valence-corrected chi connectivity index (χ0v) is 19.5. The molecule has 1 saturated heterocycles. The van der Waals surface area contributed by atoms with E-state index in [1.165, 1.54) is 47.8 Å². The lowest BCUT2D eigenvalue weighted by molar-refractivity contribution is -0.119. The number of carbonyl (C=O) groups excluding carboxylic acids is 1. The monoisotopic (exact) mass is 463 g/mol. The molecule has 1 aliphatic heterocycles. The van der Waals surface area contributed by atoms with E-state index in [1.54, 1.807) is 12.1 Å². The number of nitrogens with zero attached hydrogens (tertiary/aromatic N) is 2. The summed E-state index contributed by atoms with van der Waals surface area (Å²) in [7, 11) is -3.93. The number of amides is 1. The number of benzene rings is 2. The summed E-state index contributed by atoms with van der Waals surface area (Å²) in [6, 6.07) is 13.1. The van der Waals surface area contributed by atoms with Crippen LogP contribution in [-0.2, 0) is 14.8 Å². The maximum Gasteiger partial charge on any atom is 0.264 e. The second kappa shape index (κ2) is 11.0. The minimum Gasteiger partial charge on any atom is -0.354 e. The average molecular weight is 464 g/mol. The van der Waals surface area contributed by atoms with Crippen LogP contribution < -0.4 is 9.62 Å². The third-order valence-corrected chi connectivity index (χ3v) is 7.52. The molecule has 0 saturated carbocycles. The number of piperidine rings is 1. The standard InChI is InChI=1S/C23H30ClN3O3S/c1-19-8-3-4-9-22(19)27(31(29,30)21-12-10-20(24)11-13-21)18-23(28)25-14-7-17-26-15-5-2-6-16-26/h3-4,8-13H,2,5-7,14-18H2,1H3,(H,25,28). The summed E-state index contributed by atoms with van der Waals surface area (Å²) >= 11 is 5.92. The van der Waals surface area contributed by atoms with Crippen LogP contribution in [0.1, 0.15) is 31.2 Å². The van der Waals surface area contributed by atoms with Crippen molar-refractivity contribution in [3.8, 4) is 0 Å². The summed E-state index contributed by atoms with van der Waals surface area (Å²) < 4.78 is 27.9. The summed E-state index contributed by atoms with van der Waals surface area (Å²) in [4.78, 5) is 15.2. The first-order valence-corrected chi connectivity index (χ1v) is 12.5. The van der Waals surface area contributed by atoms with E-state index in [2.05, 4.69) is 10.2 Å². The highest BCUT2D eigenvalue weighted by Crippen LogP contribution is 2.27. The van der Waals surface area contributed by atoms with Gasteiger partial charge in [0.2, 0.25) is 5.91 Å². The minimum absolute atomic E-state index is 0.0954. The third kappa shape index (κ3) is 6.45. The first kappa shape index (κ1) is 23.6. The van der Waals surface area contributed by atoms with Gasteiger partial charge >= 0.3 is 0 Å². The Bertz CT molecular complexity index is 974. The third-order valence-electron chi connectivity index (χ3n) is 5.49. The van der Waals surface area contributed by atoms with Crippen LogP contribution in [0.25, 0.3) is 0 Å². The molecule has 0 aliphatic carbocycles. The van der Waals surface area contributed by atoms with Crippen LogP contribution in [0.4, 0.5) is 5.69 Å². The van der Waals surface area contributed by atoms with Crippen LogP contribution in [-0.4, -0.2) is 51.9 Å². The fraction of sp³-hybridized carbons (Fsp3) is 0.435. The van der Waals surface area contributed by atoms with Crippen molar-refractivity contribution in [1.82, 2.24) is 10.2 Å². The number of halogens is 1. The molecule has 3 rings (SSSR count). The van der Waals surface area contributed by atoms with Crippen molar-refractivity contribution in [2.24, 2.45) is 0 Å². The molecule has 0 atom stereocenters. The molecule has 0 unspecified atom stereocenters. The van der Waals surface area contributed by atoms with E-state index < -0.39 is 10.0 Å². The van der Waals surface area contributed by atoms with Gasteiger partial charge < -0.3 is 10.2 Å². The lowest BCUT2D eigenvalue weighted by Crippen LogP contribution is -2.42. The summed E-state index contributed by atoms with van der Waals surface area (Å²) in [6.07, 6.45) is 4.62. The SMILES string of the molecule is Cc1ccccc1N(CC(=O)NCCCN1CCCCC1)S(=O)(=O)c1ccc(Cl)cc1. The van der Waals surface area contributed by atoms with Crippen LogP contribution in [0.5, 0.6) is 0 Å². The molecule has 2 aromatic rings. The number of hydrogen-bond acceptors (Lipinski definition) is 4. The molecule has 0 radical (unpaired) electrons. The van der Waals surface area contributed by atoms with Gasteiger partial charge in [-0.1, -0.05) is 36.2 Å². The van der Waals surface area contributed by atoms with E-state index >= 15 is 0 Å². The van der Waals surface area contributed by atoms with Gasteiger partial charge in [0.05, 0.1) is 10.6 Å². The number of anilines is 1. The van der Waals surface area contributed by atoms with Crippen LogP contribution >= 0.6 is 11.6 Å².